The number of aliphatic hydroxyl groups excluding tert-OH is 1. The molecule has 2 aromatic carbocycles. The van der Waals surface area contributed by atoms with Crippen molar-refractivity contribution >= 4 is 11.8 Å². The Balaban J connectivity index is 1.91. The molecule has 3 aromatic rings. The Bertz CT molecular complexity index is 1230. The molecule has 176 valence electrons. The van der Waals surface area contributed by atoms with Crippen molar-refractivity contribution in [1.29, 1.82) is 0 Å². The Morgan fingerprint density at radius 2 is 1.88 bits per heavy atom. The minimum absolute atomic E-state index is 0.0275. The number of hydrogen-bond acceptors (Lipinski definition) is 4. The zero-order valence-corrected chi connectivity index (χ0v) is 19.3. The molecule has 0 fully saturated rings. The number of fused-ring (bicyclic) bond motifs is 1. The summed E-state index contributed by atoms with van der Waals surface area (Å²) in [6.45, 7) is 4.36. The number of rotatable bonds is 7. The van der Waals surface area contributed by atoms with E-state index in [-0.39, 0.29) is 36.0 Å². The fourth-order valence-corrected chi connectivity index (χ4v) is 4.56. The van der Waals surface area contributed by atoms with Gasteiger partial charge in [-0.15, -0.1) is 0 Å². The predicted octanol–water partition coefficient (Wildman–Crippen LogP) is 4.48. The summed E-state index contributed by atoms with van der Waals surface area (Å²) >= 11 is 0. The molecule has 1 aliphatic rings. The average molecular weight is 462 g/mol. The van der Waals surface area contributed by atoms with Crippen LogP contribution in [0.4, 0.5) is 4.39 Å². The van der Waals surface area contributed by atoms with E-state index in [1.165, 1.54) is 6.07 Å². The van der Waals surface area contributed by atoms with E-state index in [0.29, 0.717) is 42.8 Å². The van der Waals surface area contributed by atoms with Crippen LogP contribution in [0.5, 0.6) is 0 Å². The van der Waals surface area contributed by atoms with Crippen molar-refractivity contribution in [3.8, 4) is 22.4 Å². The molecule has 0 saturated carbocycles. The van der Waals surface area contributed by atoms with Crippen molar-refractivity contribution in [3.63, 3.8) is 0 Å². The third kappa shape index (κ3) is 4.43. The number of nitrogens with zero attached hydrogens (tertiary/aromatic N) is 2. The Hall–Kier alpha value is -3.58. The van der Waals surface area contributed by atoms with Gasteiger partial charge in [-0.05, 0) is 42.7 Å². The molecule has 0 unspecified atom stereocenters. The molecule has 0 bridgehead atoms. The summed E-state index contributed by atoms with van der Waals surface area (Å²) in [4.78, 5) is 31.9. The van der Waals surface area contributed by atoms with E-state index in [9.17, 15) is 19.1 Å². The molecule has 2 N–H and O–H groups in total. The molecular weight excluding hydrogens is 433 g/mol. The van der Waals surface area contributed by atoms with Crippen molar-refractivity contribution in [3.05, 3.63) is 77.2 Å². The van der Waals surface area contributed by atoms with Crippen LogP contribution in [0.25, 0.3) is 22.4 Å². The number of aliphatic hydroxyl groups is 1. The first-order valence-corrected chi connectivity index (χ1v) is 11.6. The standard InChI is InChI=1S/C27H28FN3O3/c1-3-24(33)31-16-19-15-22(27(34)29-4-2)30-26(25(19)23(31)12-13-32)18-9-7-8-17(14-18)20-10-5-6-11-21(20)28/h5-11,14-15,23,32H,3-4,12-13,16H2,1-2H3,(H,29,34)/t23-/m1/s1. The molecule has 34 heavy (non-hydrogen) atoms. The lowest BCUT2D eigenvalue weighted by Crippen LogP contribution is -2.29. The van der Waals surface area contributed by atoms with Gasteiger partial charge in [0.15, 0.2) is 0 Å². The van der Waals surface area contributed by atoms with E-state index in [1.807, 2.05) is 31.2 Å². The molecule has 1 aliphatic heterocycles. The van der Waals surface area contributed by atoms with Gasteiger partial charge < -0.3 is 15.3 Å². The molecule has 1 aromatic heterocycles. The minimum Gasteiger partial charge on any atom is -0.396 e. The highest BCUT2D eigenvalue weighted by Crippen LogP contribution is 2.42. The van der Waals surface area contributed by atoms with Crippen LogP contribution < -0.4 is 5.32 Å². The summed E-state index contributed by atoms with van der Waals surface area (Å²) in [6, 6.07) is 15.3. The van der Waals surface area contributed by atoms with E-state index >= 15 is 0 Å². The summed E-state index contributed by atoms with van der Waals surface area (Å²) < 4.78 is 14.5. The maximum absolute atomic E-state index is 14.5. The van der Waals surface area contributed by atoms with Crippen LogP contribution in [0, 0.1) is 5.82 Å². The minimum atomic E-state index is -0.352. The maximum atomic E-state index is 14.5. The van der Waals surface area contributed by atoms with E-state index in [1.54, 1.807) is 36.1 Å². The second-order valence-corrected chi connectivity index (χ2v) is 8.25. The molecule has 2 heterocycles. The Morgan fingerprint density at radius 3 is 2.59 bits per heavy atom. The fourth-order valence-electron chi connectivity index (χ4n) is 4.56. The fraction of sp³-hybridized carbons (Fsp3) is 0.296. The predicted molar refractivity (Wildman–Crippen MR) is 128 cm³/mol. The number of nitrogens with one attached hydrogen (secondary N) is 1. The van der Waals surface area contributed by atoms with Gasteiger partial charge in [0, 0.05) is 42.8 Å². The van der Waals surface area contributed by atoms with Crippen molar-refractivity contribution in [2.75, 3.05) is 13.2 Å². The van der Waals surface area contributed by atoms with Gasteiger partial charge in [0.2, 0.25) is 5.91 Å². The maximum Gasteiger partial charge on any atom is 0.269 e. The smallest absolute Gasteiger partial charge is 0.269 e. The number of carbonyl (C=O) groups is 2. The third-order valence-corrected chi connectivity index (χ3v) is 6.11. The number of carbonyl (C=O) groups excluding carboxylic acids is 2. The van der Waals surface area contributed by atoms with E-state index in [2.05, 4.69) is 5.32 Å². The first-order chi connectivity index (χ1) is 16.5. The van der Waals surface area contributed by atoms with E-state index < -0.39 is 0 Å². The van der Waals surface area contributed by atoms with Crippen LogP contribution in [0.2, 0.25) is 0 Å². The molecule has 7 heteroatoms. The van der Waals surface area contributed by atoms with Crippen LogP contribution in [0.15, 0.2) is 54.6 Å². The van der Waals surface area contributed by atoms with E-state index in [0.717, 1.165) is 16.7 Å². The third-order valence-electron chi connectivity index (χ3n) is 6.11. The number of amides is 2. The van der Waals surface area contributed by atoms with Gasteiger partial charge in [0.25, 0.3) is 5.91 Å². The number of aromatic nitrogens is 1. The number of halogens is 1. The molecule has 2 amide bonds. The van der Waals surface area contributed by atoms with Gasteiger partial charge in [0.1, 0.15) is 11.5 Å². The first-order valence-electron chi connectivity index (χ1n) is 11.6. The van der Waals surface area contributed by atoms with Crippen molar-refractivity contribution in [2.24, 2.45) is 0 Å². The van der Waals surface area contributed by atoms with Crippen molar-refractivity contribution < 1.29 is 19.1 Å². The SMILES string of the molecule is CCNC(=O)c1cc2c(c(-c3cccc(-c4ccccc4F)c3)n1)[C@@H](CCO)N(C(=O)CC)C2. The molecule has 1 atom stereocenters. The molecule has 0 spiro atoms. The number of benzene rings is 2. The summed E-state index contributed by atoms with van der Waals surface area (Å²) in [5.74, 6) is -0.650. The topological polar surface area (TPSA) is 82.5 Å². The lowest BCUT2D eigenvalue weighted by atomic mass is 9.93. The Labute approximate surface area is 198 Å². The molecule has 0 saturated heterocycles. The normalized spacial score (nSPS) is 14.7. The number of hydrogen-bond donors (Lipinski definition) is 2. The lowest BCUT2D eigenvalue weighted by Gasteiger charge is -2.25. The second kappa shape index (κ2) is 10.1. The van der Waals surface area contributed by atoms with Crippen molar-refractivity contribution in [1.82, 2.24) is 15.2 Å². The monoisotopic (exact) mass is 461 g/mol. The number of pyridine rings is 1. The van der Waals surface area contributed by atoms with Crippen LogP contribution in [-0.2, 0) is 11.3 Å². The zero-order chi connectivity index (χ0) is 24.2. The second-order valence-electron chi connectivity index (χ2n) is 8.25. The largest absolute Gasteiger partial charge is 0.396 e. The van der Waals surface area contributed by atoms with Crippen LogP contribution in [0.3, 0.4) is 0 Å². The summed E-state index contributed by atoms with van der Waals surface area (Å²) in [7, 11) is 0. The van der Waals surface area contributed by atoms with Crippen LogP contribution in [0.1, 0.15) is 54.3 Å². The quantitative estimate of drug-likeness (QED) is 0.544. The molecule has 6 nitrogen and oxygen atoms in total. The molecule has 0 aliphatic carbocycles. The van der Waals surface area contributed by atoms with Crippen LogP contribution in [-0.4, -0.2) is 40.0 Å². The zero-order valence-electron chi connectivity index (χ0n) is 19.3. The molecule has 4 rings (SSSR count). The summed E-state index contributed by atoms with van der Waals surface area (Å²) in [6.07, 6.45) is 0.700. The van der Waals surface area contributed by atoms with Crippen LogP contribution >= 0.6 is 0 Å². The molecule has 0 radical (unpaired) electrons. The summed E-state index contributed by atoms with van der Waals surface area (Å²) in [5, 5.41) is 12.5. The average Bonchev–Trinajstić information content (AvgIpc) is 3.22. The highest BCUT2D eigenvalue weighted by molar-refractivity contribution is 5.94. The lowest BCUT2D eigenvalue weighted by molar-refractivity contribution is -0.133. The van der Waals surface area contributed by atoms with Gasteiger partial charge in [-0.25, -0.2) is 9.37 Å². The summed E-state index contributed by atoms with van der Waals surface area (Å²) in [5.41, 5.74) is 4.37. The molecular formula is C27H28FN3O3. The van der Waals surface area contributed by atoms with E-state index in [4.69, 9.17) is 4.98 Å². The van der Waals surface area contributed by atoms with Gasteiger partial charge in [-0.3, -0.25) is 9.59 Å². The first kappa shape index (κ1) is 23.6. The Morgan fingerprint density at radius 1 is 1.12 bits per heavy atom. The van der Waals surface area contributed by atoms with Crippen molar-refractivity contribution in [2.45, 2.75) is 39.3 Å². The van der Waals surface area contributed by atoms with Gasteiger partial charge in [-0.2, -0.15) is 0 Å². The highest BCUT2D eigenvalue weighted by Gasteiger charge is 2.36. The van der Waals surface area contributed by atoms with Gasteiger partial charge in [-0.1, -0.05) is 43.3 Å². The highest BCUT2D eigenvalue weighted by atomic mass is 19.1. The van der Waals surface area contributed by atoms with Gasteiger partial charge in [0.05, 0.1) is 11.7 Å². The Kier molecular flexibility index (Phi) is 7.03. The van der Waals surface area contributed by atoms with Gasteiger partial charge >= 0.3 is 0 Å².